The first-order valence-corrected chi connectivity index (χ1v) is 12.4. The van der Waals surface area contributed by atoms with Gasteiger partial charge in [0.15, 0.2) is 0 Å². The lowest BCUT2D eigenvalue weighted by atomic mass is 10.0. The van der Waals surface area contributed by atoms with E-state index in [1.807, 2.05) is 64.1 Å². The van der Waals surface area contributed by atoms with Gasteiger partial charge in [0.2, 0.25) is 15.9 Å². The predicted molar refractivity (Wildman–Crippen MR) is 126 cm³/mol. The van der Waals surface area contributed by atoms with Crippen LogP contribution in [0.15, 0.2) is 36.4 Å². The van der Waals surface area contributed by atoms with Gasteiger partial charge in [0.05, 0.1) is 25.1 Å². The first kappa shape index (κ1) is 24.7. The van der Waals surface area contributed by atoms with Crippen LogP contribution in [0.4, 0.5) is 5.69 Å². The second kappa shape index (κ2) is 10.7. The standard InChI is InChI=1S/C24H34N2O4S/c1-7-21(20-12-13-23(30-5)19(4)16-20)25-24(27)9-8-14-26(31(6,28)29)22-15-17(2)10-11-18(22)3/h10-13,15-16,21H,7-9,14H2,1-6H3,(H,25,27)/t21-/m0/s1. The van der Waals surface area contributed by atoms with Gasteiger partial charge in [0.1, 0.15) is 5.75 Å². The van der Waals surface area contributed by atoms with Gasteiger partial charge in [0.25, 0.3) is 0 Å². The molecule has 0 aliphatic carbocycles. The molecule has 170 valence electrons. The van der Waals surface area contributed by atoms with Gasteiger partial charge in [-0.05, 0) is 68.0 Å². The minimum atomic E-state index is -3.45. The van der Waals surface area contributed by atoms with Crippen molar-refractivity contribution < 1.29 is 17.9 Å². The summed E-state index contributed by atoms with van der Waals surface area (Å²) >= 11 is 0. The van der Waals surface area contributed by atoms with Crippen LogP contribution in [0.2, 0.25) is 0 Å². The van der Waals surface area contributed by atoms with Crippen molar-refractivity contribution in [2.75, 3.05) is 24.2 Å². The van der Waals surface area contributed by atoms with Crippen LogP contribution >= 0.6 is 0 Å². The van der Waals surface area contributed by atoms with Gasteiger partial charge >= 0.3 is 0 Å². The van der Waals surface area contributed by atoms with E-state index in [0.29, 0.717) is 12.1 Å². The van der Waals surface area contributed by atoms with Crippen molar-refractivity contribution in [1.29, 1.82) is 0 Å². The molecule has 0 saturated heterocycles. The fourth-order valence-electron chi connectivity index (χ4n) is 3.64. The first-order chi connectivity index (χ1) is 14.6. The Morgan fingerprint density at radius 1 is 1.10 bits per heavy atom. The molecule has 0 spiro atoms. The van der Waals surface area contributed by atoms with E-state index in [-0.39, 0.29) is 24.9 Å². The van der Waals surface area contributed by atoms with Crippen LogP contribution in [0.25, 0.3) is 0 Å². The second-order valence-corrected chi connectivity index (χ2v) is 9.89. The van der Waals surface area contributed by atoms with E-state index in [0.717, 1.165) is 34.4 Å². The molecule has 2 aromatic rings. The Labute approximate surface area is 186 Å². The number of sulfonamides is 1. The Hall–Kier alpha value is -2.54. The average molecular weight is 447 g/mol. The fraction of sp³-hybridized carbons (Fsp3) is 0.458. The van der Waals surface area contributed by atoms with Crippen LogP contribution < -0.4 is 14.4 Å². The Balaban J connectivity index is 2.03. The molecule has 0 aliphatic rings. The summed E-state index contributed by atoms with van der Waals surface area (Å²) < 4.78 is 31.5. The van der Waals surface area contributed by atoms with Crippen molar-refractivity contribution in [3.63, 3.8) is 0 Å². The molecule has 0 fully saturated rings. The zero-order chi connectivity index (χ0) is 23.2. The van der Waals surface area contributed by atoms with Crippen molar-refractivity contribution >= 4 is 21.6 Å². The first-order valence-electron chi connectivity index (χ1n) is 10.6. The maximum absolute atomic E-state index is 12.6. The van der Waals surface area contributed by atoms with Crippen LogP contribution in [0, 0.1) is 20.8 Å². The van der Waals surface area contributed by atoms with E-state index in [2.05, 4.69) is 5.32 Å². The Morgan fingerprint density at radius 3 is 2.39 bits per heavy atom. The summed E-state index contributed by atoms with van der Waals surface area (Å²) in [6.45, 7) is 8.08. The highest BCUT2D eigenvalue weighted by molar-refractivity contribution is 7.92. The summed E-state index contributed by atoms with van der Waals surface area (Å²) in [5, 5.41) is 3.07. The molecule has 0 heterocycles. The van der Waals surface area contributed by atoms with E-state index in [9.17, 15) is 13.2 Å². The van der Waals surface area contributed by atoms with E-state index in [1.165, 1.54) is 10.6 Å². The van der Waals surface area contributed by atoms with Gasteiger partial charge in [0, 0.05) is 13.0 Å². The number of carbonyl (C=O) groups excluding carboxylic acids is 1. The molecular weight excluding hydrogens is 412 g/mol. The van der Waals surface area contributed by atoms with Crippen LogP contribution in [-0.4, -0.2) is 34.2 Å². The number of anilines is 1. The highest BCUT2D eigenvalue weighted by Crippen LogP contribution is 2.26. The number of nitrogens with one attached hydrogen (secondary N) is 1. The molecule has 0 aromatic heterocycles. The number of nitrogens with zero attached hydrogens (tertiary/aromatic N) is 1. The molecular formula is C24H34N2O4S. The van der Waals surface area contributed by atoms with Crippen LogP contribution in [0.1, 0.15) is 54.5 Å². The predicted octanol–water partition coefficient (Wildman–Crippen LogP) is 4.43. The third kappa shape index (κ3) is 6.72. The van der Waals surface area contributed by atoms with Crippen LogP contribution in [0.5, 0.6) is 5.75 Å². The normalized spacial score (nSPS) is 12.3. The molecule has 1 amide bonds. The average Bonchev–Trinajstić information content (AvgIpc) is 2.70. The van der Waals surface area contributed by atoms with Crippen molar-refractivity contribution in [1.82, 2.24) is 5.32 Å². The Kier molecular flexibility index (Phi) is 8.51. The topological polar surface area (TPSA) is 75.7 Å². The molecule has 7 heteroatoms. The summed E-state index contributed by atoms with van der Waals surface area (Å²) in [7, 11) is -1.81. The number of hydrogen-bond acceptors (Lipinski definition) is 4. The summed E-state index contributed by atoms with van der Waals surface area (Å²) in [5.74, 6) is 0.729. The lowest BCUT2D eigenvalue weighted by Gasteiger charge is -2.25. The Bertz CT molecular complexity index is 1020. The molecule has 31 heavy (non-hydrogen) atoms. The molecule has 2 rings (SSSR count). The maximum Gasteiger partial charge on any atom is 0.232 e. The van der Waals surface area contributed by atoms with Crippen molar-refractivity contribution in [3.05, 3.63) is 58.7 Å². The highest BCUT2D eigenvalue weighted by Gasteiger charge is 2.20. The van der Waals surface area contributed by atoms with E-state index in [4.69, 9.17) is 4.74 Å². The van der Waals surface area contributed by atoms with Crippen molar-refractivity contribution in [2.45, 2.75) is 53.0 Å². The number of methoxy groups -OCH3 is 1. The zero-order valence-electron chi connectivity index (χ0n) is 19.4. The molecule has 0 aliphatic heterocycles. The minimum absolute atomic E-state index is 0.0882. The molecule has 1 N–H and O–H groups in total. The summed E-state index contributed by atoms with van der Waals surface area (Å²) in [4.78, 5) is 12.6. The molecule has 0 radical (unpaired) electrons. The highest BCUT2D eigenvalue weighted by atomic mass is 32.2. The number of rotatable bonds is 10. The SMILES string of the molecule is CC[C@H](NC(=O)CCCN(c1cc(C)ccc1C)S(C)(=O)=O)c1ccc(OC)c(C)c1. The van der Waals surface area contributed by atoms with Crippen LogP contribution in [0.3, 0.4) is 0 Å². The molecule has 6 nitrogen and oxygen atoms in total. The lowest BCUT2D eigenvalue weighted by molar-refractivity contribution is -0.121. The molecule has 1 atom stereocenters. The smallest absolute Gasteiger partial charge is 0.232 e. The van der Waals surface area contributed by atoms with Gasteiger partial charge in [-0.15, -0.1) is 0 Å². The lowest BCUT2D eigenvalue weighted by Crippen LogP contribution is -2.33. The van der Waals surface area contributed by atoms with E-state index in [1.54, 1.807) is 7.11 Å². The van der Waals surface area contributed by atoms with Crippen molar-refractivity contribution in [3.8, 4) is 5.75 Å². The monoisotopic (exact) mass is 446 g/mol. The van der Waals surface area contributed by atoms with Gasteiger partial charge in [-0.3, -0.25) is 9.10 Å². The summed E-state index contributed by atoms with van der Waals surface area (Å²) in [6.07, 6.45) is 2.65. The fourth-order valence-corrected chi connectivity index (χ4v) is 4.66. The minimum Gasteiger partial charge on any atom is -0.496 e. The summed E-state index contributed by atoms with van der Waals surface area (Å²) in [5.41, 5.74) is 4.60. The largest absolute Gasteiger partial charge is 0.496 e. The summed E-state index contributed by atoms with van der Waals surface area (Å²) in [6, 6.07) is 11.5. The molecule has 0 saturated carbocycles. The third-order valence-electron chi connectivity index (χ3n) is 5.36. The van der Waals surface area contributed by atoms with Gasteiger partial charge in [-0.1, -0.05) is 31.2 Å². The van der Waals surface area contributed by atoms with Gasteiger partial charge in [-0.25, -0.2) is 8.42 Å². The van der Waals surface area contributed by atoms with Gasteiger partial charge in [-0.2, -0.15) is 0 Å². The van der Waals surface area contributed by atoms with E-state index >= 15 is 0 Å². The number of ether oxygens (including phenoxy) is 1. The number of amides is 1. The number of hydrogen-bond donors (Lipinski definition) is 1. The number of carbonyl (C=O) groups is 1. The van der Waals surface area contributed by atoms with Gasteiger partial charge < -0.3 is 10.1 Å². The Morgan fingerprint density at radius 2 is 1.81 bits per heavy atom. The van der Waals surface area contributed by atoms with E-state index < -0.39 is 10.0 Å². The zero-order valence-corrected chi connectivity index (χ0v) is 20.2. The number of benzene rings is 2. The molecule has 2 aromatic carbocycles. The number of aryl methyl sites for hydroxylation is 3. The maximum atomic E-state index is 12.6. The quantitative estimate of drug-likeness (QED) is 0.586. The second-order valence-electron chi connectivity index (χ2n) is 7.99. The molecule has 0 unspecified atom stereocenters. The molecule has 0 bridgehead atoms. The van der Waals surface area contributed by atoms with Crippen molar-refractivity contribution in [2.24, 2.45) is 0 Å². The van der Waals surface area contributed by atoms with Crippen LogP contribution in [-0.2, 0) is 14.8 Å². The third-order valence-corrected chi connectivity index (χ3v) is 6.54.